The molecule has 68 valence electrons. The lowest BCUT2D eigenvalue weighted by molar-refractivity contribution is -0.134. The Morgan fingerprint density at radius 2 is 1.64 bits per heavy atom. The van der Waals surface area contributed by atoms with Gasteiger partial charge in [-0.05, 0) is 0 Å². The lowest BCUT2D eigenvalue weighted by atomic mass is 10.4. The SMILES string of the molecule is O=C(O)CCl.OCC(O)CO. The molecule has 0 spiro atoms. The average molecular weight is 187 g/mol. The van der Waals surface area contributed by atoms with Crippen molar-refractivity contribution in [3.8, 4) is 0 Å². The molecule has 5 nitrogen and oxygen atoms in total. The predicted molar refractivity (Wildman–Crippen MR) is 38.5 cm³/mol. The van der Waals surface area contributed by atoms with Gasteiger partial charge in [0, 0.05) is 0 Å². The Kier molecular flexibility index (Phi) is 11.6. The largest absolute Gasteiger partial charge is 0.480 e. The fraction of sp³-hybridized carbons (Fsp3) is 0.800. The fourth-order valence-corrected chi connectivity index (χ4v) is 0.0577. The molecular weight excluding hydrogens is 176 g/mol. The summed E-state index contributed by atoms with van der Waals surface area (Å²) in [6.45, 7) is -0.729. The fourth-order valence-electron chi connectivity index (χ4n) is 0.0577. The van der Waals surface area contributed by atoms with Crippen molar-refractivity contribution in [2.45, 2.75) is 6.10 Å². The molecule has 0 saturated heterocycles. The van der Waals surface area contributed by atoms with E-state index < -0.39 is 12.1 Å². The summed E-state index contributed by atoms with van der Waals surface area (Å²) in [6, 6.07) is 0. The Morgan fingerprint density at radius 1 is 1.36 bits per heavy atom. The van der Waals surface area contributed by atoms with Crippen molar-refractivity contribution in [1.29, 1.82) is 0 Å². The van der Waals surface area contributed by atoms with Gasteiger partial charge in [-0.25, -0.2) is 0 Å². The summed E-state index contributed by atoms with van der Waals surface area (Å²) < 4.78 is 0. The molecule has 6 heteroatoms. The molecule has 0 aromatic carbocycles. The quantitative estimate of drug-likeness (QED) is 0.408. The van der Waals surface area contributed by atoms with Crippen LogP contribution in [-0.2, 0) is 4.79 Å². The van der Waals surface area contributed by atoms with E-state index in [0.29, 0.717) is 0 Å². The highest BCUT2D eigenvalue weighted by Gasteiger charge is 1.93. The average Bonchev–Trinajstić information content (AvgIpc) is 2.04. The Bertz CT molecular complexity index is 92.9. The summed E-state index contributed by atoms with van der Waals surface area (Å²) in [4.78, 5) is 9.24. The van der Waals surface area contributed by atoms with Crippen LogP contribution in [0.25, 0.3) is 0 Å². The minimum absolute atomic E-state index is 0.306. The maximum absolute atomic E-state index is 9.24. The molecule has 0 aliphatic heterocycles. The molecule has 11 heavy (non-hydrogen) atoms. The van der Waals surface area contributed by atoms with E-state index in [1.165, 1.54) is 0 Å². The van der Waals surface area contributed by atoms with E-state index >= 15 is 0 Å². The van der Waals surface area contributed by atoms with E-state index in [2.05, 4.69) is 0 Å². The first-order valence-electron chi connectivity index (χ1n) is 2.76. The molecule has 0 atom stereocenters. The second kappa shape index (κ2) is 9.64. The number of carbonyl (C=O) groups is 1. The van der Waals surface area contributed by atoms with Crippen LogP contribution in [0.2, 0.25) is 0 Å². The summed E-state index contributed by atoms with van der Waals surface area (Å²) in [5, 5.41) is 31.6. The van der Waals surface area contributed by atoms with Gasteiger partial charge >= 0.3 is 5.97 Å². The molecule has 0 amide bonds. The standard InChI is InChI=1S/C3H8O3.C2H3ClO2/c4-1-3(6)2-5;3-1-2(4)5/h3-6H,1-2H2;1H2,(H,4,5). The summed E-state index contributed by atoms with van der Waals surface area (Å²) in [5.41, 5.74) is 0. The van der Waals surface area contributed by atoms with Crippen LogP contribution in [0.4, 0.5) is 0 Å². The van der Waals surface area contributed by atoms with Gasteiger partial charge in [-0.1, -0.05) is 0 Å². The zero-order valence-electron chi connectivity index (χ0n) is 5.77. The first kappa shape index (κ1) is 13.2. The number of halogens is 1. The number of aliphatic hydroxyl groups is 3. The van der Waals surface area contributed by atoms with E-state index in [4.69, 9.17) is 32.0 Å². The highest BCUT2D eigenvalue weighted by molar-refractivity contribution is 6.26. The summed E-state index contributed by atoms with van der Waals surface area (Å²) in [5.74, 6) is -1.29. The topological polar surface area (TPSA) is 98.0 Å². The van der Waals surface area contributed by atoms with Crippen LogP contribution in [0, 0.1) is 0 Å². The summed E-state index contributed by atoms with van der Waals surface area (Å²) >= 11 is 4.74. The molecule has 4 N–H and O–H groups in total. The van der Waals surface area contributed by atoms with Crippen molar-refractivity contribution in [1.82, 2.24) is 0 Å². The second-order valence-corrected chi connectivity index (χ2v) is 1.81. The van der Waals surface area contributed by atoms with Crippen molar-refractivity contribution in [3.63, 3.8) is 0 Å². The van der Waals surface area contributed by atoms with Crippen molar-refractivity contribution in [2.75, 3.05) is 19.1 Å². The molecule has 0 rings (SSSR count). The summed E-state index contributed by atoms with van der Waals surface area (Å²) in [7, 11) is 0. The molecule has 0 bridgehead atoms. The number of carboxylic acids is 1. The first-order chi connectivity index (χ1) is 5.08. The van der Waals surface area contributed by atoms with Gasteiger partial charge in [0.15, 0.2) is 0 Å². The Morgan fingerprint density at radius 3 is 1.64 bits per heavy atom. The molecule has 0 aliphatic carbocycles. The zero-order chi connectivity index (χ0) is 9.28. The molecule has 0 radical (unpaired) electrons. The first-order valence-corrected chi connectivity index (χ1v) is 3.29. The lowest BCUT2D eigenvalue weighted by Crippen LogP contribution is -2.15. The van der Waals surface area contributed by atoms with Crippen LogP contribution in [-0.4, -0.2) is 51.6 Å². The molecular formula is C5H11ClO5. The van der Waals surface area contributed by atoms with Gasteiger partial charge in [0.1, 0.15) is 12.0 Å². The third-order valence-electron chi connectivity index (χ3n) is 0.536. The van der Waals surface area contributed by atoms with E-state index in [0.717, 1.165) is 0 Å². The van der Waals surface area contributed by atoms with Gasteiger partial charge in [0.25, 0.3) is 0 Å². The van der Waals surface area contributed by atoms with Crippen LogP contribution < -0.4 is 0 Å². The van der Waals surface area contributed by atoms with Gasteiger partial charge in [-0.3, -0.25) is 4.79 Å². The number of aliphatic hydroxyl groups excluding tert-OH is 3. The molecule has 0 saturated carbocycles. The highest BCUT2D eigenvalue weighted by atomic mass is 35.5. The van der Waals surface area contributed by atoms with Crippen molar-refractivity contribution in [2.24, 2.45) is 0 Å². The molecule has 0 aliphatic rings. The molecule has 0 aromatic rings. The summed E-state index contributed by atoms with van der Waals surface area (Å²) in [6.07, 6.45) is -0.954. The van der Waals surface area contributed by atoms with Gasteiger partial charge < -0.3 is 20.4 Å². The van der Waals surface area contributed by atoms with Crippen LogP contribution in [0.5, 0.6) is 0 Å². The van der Waals surface area contributed by atoms with E-state index in [-0.39, 0.29) is 19.1 Å². The number of aliphatic carboxylic acids is 1. The number of alkyl halides is 1. The predicted octanol–water partition coefficient (Wildman–Crippen LogP) is -1.36. The molecule has 0 unspecified atom stereocenters. The maximum atomic E-state index is 9.24. The number of carboxylic acid groups (broad SMARTS) is 1. The Hall–Kier alpha value is -0.360. The van der Waals surface area contributed by atoms with Gasteiger partial charge in [-0.2, -0.15) is 0 Å². The lowest BCUT2D eigenvalue weighted by Gasteiger charge is -1.96. The smallest absolute Gasteiger partial charge is 0.318 e. The highest BCUT2D eigenvalue weighted by Crippen LogP contribution is 1.71. The van der Waals surface area contributed by atoms with Crippen LogP contribution in [0.3, 0.4) is 0 Å². The Balaban J connectivity index is 0. The van der Waals surface area contributed by atoms with Crippen LogP contribution >= 0.6 is 11.6 Å². The number of hydrogen-bond donors (Lipinski definition) is 4. The molecule has 0 fully saturated rings. The monoisotopic (exact) mass is 186 g/mol. The van der Waals surface area contributed by atoms with Crippen LogP contribution in [0.15, 0.2) is 0 Å². The van der Waals surface area contributed by atoms with E-state index in [9.17, 15) is 4.79 Å². The van der Waals surface area contributed by atoms with Gasteiger partial charge in [-0.15, -0.1) is 11.6 Å². The zero-order valence-corrected chi connectivity index (χ0v) is 6.53. The Labute approximate surface area is 68.8 Å². The molecule has 0 aromatic heterocycles. The molecule has 0 heterocycles. The second-order valence-electron chi connectivity index (χ2n) is 1.55. The van der Waals surface area contributed by atoms with E-state index in [1.807, 2.05) is 0 Å². The minimum Gasteiger partial charge on any atom is -0.480 e. The number of hydrogen-bond acceptors (Lipinski definition) is 4. The maximum Gasteiger partial charge on any atom is 0.318 e. The minimum atomic E-state index is -0.980. The van der Waals surface area contributed by atoms with E-state index in [1.54, 1.807) is 0 Å². The van der Waals surface area contributed by atoms with Crippen LogP contribution in [0.1, 0.15) is 0 Å². The van der Waals surface area contributed by atoms with Gasteiger partial charge in [0.05, 0.1) is 13.2 Å². The third kappa shape index (κ3) is 17.7. The van der Waals surface area contributed by atoms with Crippen molar-refractivity contribution < 1.29 is 25.2 Å². The van der Waals surface area contributed by atoms with Gasteiger partial charge in [0.2, 0.25) is 0 Å². The van der Waals surface area contributed by atoms with Crippen molar-refractivity contribution in [3.05, 3.63) is 0 Å². The number of rotatable bonds is 3. The van der Waals surface area contributed by atoms with Crippen molar-refractivity contribution >= 4 is 17.6 Å². The normalized spacial score (nSPS) is 8.82. The third-order valence-corrected chi connectivity index (χ3v) is 0.764.